The molecule has 4 aromatic rings. The Morgan fingerprint density at radius 1 is 1.08 bits per heavy atom. The van der Waals surface area contributed by atoms with Crippen molar-refractivity contribution in [2.24, 2.45) is 7.05 Å². The van der Waals surface area contributed by atoms with E-state index in [1.54, 1.807) is 12.3 Å². The molecule has 0 fully saturated rings. The quantitative estimate of drug-likeness (QED) is 0.322. The van der Waals surface area contributed by atoms with Crippen LogP contribution < -0.4 is 4.90 Å². The first-order valence-corrected chi connectivity index (χ1v) is 11.6. The SMILES string of the molecule is CC(C)c1ncccc1-c1ncc2c(n1)N(Cc1c(F)cc(-c3nc(C(F)(F)F)cn3C)cc1F)C(=O)C2. The highest BCUT2D eigenvalue weighted by atomic mass is 19.4. The predicted octanol–water partition coefficient (Wildman–Crippen LogP) is 5.45. The van der Waals surface area contributed by atoms with Gasteiger partial charge in [-0.05, 0) is 30.2 Å². The van der Waals surface area contributed by atoms with Gasteiger partial charge < -0.3 is 4.57 Å². The van der Waals surface area contributed by atoms with Crippen LogP contribution in [0.1, 0.15) is 42.3 Å². The number of nitrogens with zero attached hydrogens (tertiary/aromatic N) is 6. The molecule has 3 aromatic heterocycles. The fourth-order valence-corrected chi connectivity index (χ4v) is 4.40. The van der Waals surface area contributed by atoms with Crippen LogP contribution in [0.4, 0.5) is 27.8 Å². The topological polar surface area (TPSA) is 76.8 Å². The van der Waals surface area contributed by atoms with Crippen molar-refractivity contribution in [3.05, 3.63) is 77.0 Å². The summed E-state index contributed by atoms with van der Waals surface area (Å²) in [6.45, 7) is 3.48. The number of hydrogen-bond acceptors (Lipinski definition) is 5. The van der Waals surface area contributed by atoms with Crippen LogP contribution in [0.15, 0.2) is 42.9 Å². The largest absolute Gasteiger partial charge is 0.434 e. The summed E-state index contributed by atoms with van der Waals surface area (Å²) in [6.07, 6.45) is -0.825. The second-order valence-corrected chi connectivity index (χ2v) is 9.27. The number of benzene rings is 1. The number of anilines is 1. The molecule has 7 nitrogen and oxygen atoms in total. The van der Waals surface area contributed by atoms with Crippen LogP contribution in [0.2, 0.25) is 0 Å². The van der Waals surface area contributed by atoms with Crippen molar-refractivity contribution in [3.8, 4) is 22.8 Å². The zero-order valence-corrected chi connectivity index (χ0v) is 20.5. The summed E-state index contributed by atoms with van der Waals surface area (Å²) in [5, 5.41) is 0. The van der Waals surface area contributed by atoms with Gasteiger partial charge in [0.05, 0.1) is 18.7 Å². The first kappa shape index (κ1) is 25.4. The Morgan fingerprint density at radius 2 is 1.79 bits per heavy atom. The molecule has 12 heteroatoms. The molecule has 0 saturated heterocycles. The number of alkyl halides is 3. The third-order valence-electron chi connectivity index (χ3n) is 6.25. The van der Waals surface area contributed by atoms with Crippen molar-refractivity contribution >= 4 is 11.7 Å². The number of rotatable bonds is 5. The smallest absolute Gasteiger partial charge is 0.333 e. The Bertz CT molecular complexity index is 1540. The molecule has 0 unspecified atom stereocenters. The lowest BCUT2D eigenvalue weighted by Crippen LogP contribution is -2.28. The Labute approximate surface area is 214 Å². The van der Waals surface area contributed by atoms with Crippen LogP contribution >= 0.6 is 0 Å². The summed E-state index contributed by atoms with van der Waals surface area (Å²) >= 11 is 0. The maximum absolute atomic E-state index is 15.1. The van der Waals surface area contributed by atoms with Gasteiger partial charge in [0, 0.05) is 47.9 Å². The van der Waals surface area contributed by atoms with Gasteiger partial charge in [0.15, 0.2) is 11.5 Å². The summed E-state index contributed by atoms with van der Waals surface area (Å²) in [4.78, 5) is 30.8. The minimum Gasteiger partial charge on any atom is -0.333 e. The maximum atomic E-state index is 15.1. The predicted molar refractivity (Wildman–Crippen MR) is 128 cm³/mol. The molecule has 4 heterocycles. The van der Waals surface area contributed by atoms with Gasteiger partial charge in [-0.2, -0.15) is 13.2 Å². The van der Waals surface area contributed by atoms with E-state index in [0.29, 0.717) is 17.0 Å². The van der Waals surface area contributed by atoms with E-state index in [-0.39, 0.29) is 29.5 Å². The van der Waals surface area contributed by atoms with E-state index in [1.165, 1.54) is 18.1 Å². The van der Waals surface area contributed by atoms with E-state index >= 15 is 8.78 Å². The van der Waals surface area contributed by atoms with Crippen LogP contribution in [-0.2, 0) is 31.0 Å². The fraction of sp³-hybridized carbons (Fsp3) is 0.269. The molecule has 38 heavy (non-hydrogen) atoms. The molecule has 196 valence electrons. The van der Waals surface area contributed by atoms with Crippen LogP contribution in [0.25, 0.3) is 22.8 Å². The summed E-state index contributed by atoms with van der Waals surface area (Å²) in [5.41, 5.74) is 0.184. The number of fused-ring (bicyclic) bond motifs is 1. The highest BCUT2D eigenvalue weighted by molar-refractivity contribution is 6.00. The highest BCUT2D eigenvalue weighted by Crippen LogP contribution is 2.34. The highest BCUT2D eigenvalue weighted by Gasteiger charge is 2.35. The van der Waals surface area contributed by atoms with Crippen LogP contribution in [-0.4, -0.2) is 30.4 Å². The van der Waals surface area contributed by atoms with E-state index in [2.05, 4.69) is 19.9 Å². The molecule has 0 N–H and O–H groups in total. The second kappa shape index (κ2) is 9.26. The summed E-state index contributed by atoms with van der Waals surface area (Å²) in [5.74, 6) is -2.08. The molecule has 0 radical (unpaired) electrons. The lowest BCUT2D eigenvalue weighted by Gasteiger charge is -2.19. The van der Waals surface area contributed by atoms with Gasteiger partial charge in [-0.1, -0.05) is 13.8 Å². The molecule has 1 amide bonds. The third-order valence-corrected chi connectivity index (χ3v) is 6.25. The minimum absolute atomic E-state index is 0.0332. The molecule has 0 aliphatic carbocycles. The molecule has 0 bridgehead atoms. The van der Waals surface area contributed by atoms with Gasteiger partial charge in [-0.3, -0.25) is 14.7 Å². The molecular weight excluding hydrogens is 507 g/mol. The summed E-state index contributed by atoms with van der Waals surface area (Å²) in [7, 11) is 1.30. The van der Waals surface area contributed by atoms with Crippen LogP contribution in [0.3, 0.4) is 0 Å². The number of carbonyl (C=O) groups excluding carboxylic acids is 1. The number of amides is 1. The van der Waals surface area contributed by atoms with Crippen molar-refractivity contribution in [2.45, 2.75) is 38.9 Å². The number of pyridine rings is 1. The normalized spacial score (nSPS) is 13.5. The standard InChI is InChI=1S/C26H21F5N6O/c1-13(2)22-16(5-4-6-32-22)23-33-10-15-9-21(38)37(25(15)35-23)11-17-18(27)7-14(8-19(17)28)24-34-20(12-36(24)3)26(29,30)31/h4-8,10,12-13H,9,11H2,1-3H3. The lowest BCUT2D eigenvalue weighted by atomic mass is 10.0. The average Bonchev–Trinajstić information content (AvgIpc) is 3.40. The zero-order valence-electron chi connectivity index (χ0n) is 20.5. The number of aromatic nitrogens is 5. The minimum atomic E-state index is -4.71. The van der Waals surface area contributed by atoms with Gasteiger partial charge in [0.25, 0.3) is 0 Å². The summed E-state index contributed by atoms with van der Waals surface area (Å²) < 4.78 is 70.4. The number of carbonyl (C=O) groups is 1. The maximum Gasteiger partial charge on any atom is 0.434 e. The lowest BCUT2D eigenvalue weighted by molar-refractivity contribution is -0.140. The molecule has 1 aromatic carbocycles. The molecule has 1 aliphatic rings. The molecule has 1 aliphatic heterocycles. The molecule has 0 saturated carbocycles. The van der Waals surface area contributed by atoms with Crippen molar-refractivity contribution in [3.63, 3.8) is 0 Å². The number of halogens is 5. The van der Waals surface area contributed by atoms with Crippen molar-refractivity contribution in [1.29, 1.82) is 0 Å². The van der Waals surface area contributed by atoms with E-state index in [4.69, 9.17) is 0 Å². The zero-order chi connectivity index (χ0) is 27.4. The molecule has 5 rings (SSSR count). The Hall–Kier alpha value is -4.22. The third kappa shape index (κ3) is 4.50. The Kier molecular flexibility index (Phi) is 6.20. The fourth-order valence-electron chi connectivity index (χ4n) is 4.40. The molecular formula is C26H21F5N6O. The first-order valence-electron chi connectivity index (χ1n) is 11.6. The Morgan fingerprint density at radius 3 is 2.42 bits per heavy atom. The van der Waals surface area contributed by atoms with Gasteiger partial charge in [-0.15, -0.1) is 0 Å². The van der Waals surface area contributed by atoms with Crippen molar-refractivity contribution in [1.82, 2.24) is 24.5 Å². The van der Waals surface area contributed by atoms with E-state index < -0.39 is 41.5 Å². The Balaban J connectivity index is 1.49. The van der Waals surface area contributed by atoms with Crippen LogP contribution in [0.5, 0.6) is 0 Å². The number of hydrogen-bond donors (Lipinski definition) is 0. The number of imidazole rings is 1. The van der Waals surface area contributed by atoms with E-state index in [0.717, 1.165) is 28.6 Å². The van der Waals surface area contributed by atoms with Crippen molar-refractivity contribution in [2.75, 3.05) is 4.90 Å². The van der Waals surface area contributed by atoms with E-state index in [9.17, 15) is 18.0 Å². The second-order valence-electron chi connectivity index (χ2n) is 9.27. The number of aryl methyl sites for hydroxylation is 1. The van der Waals surface area contributed by atoms with Crippen molar-refractivity contribution < 1.29 is 26.7 Å². The van der Waals surface area contributed by atoms with Gasteiger partial charge >= 0.3 is 6.18 Å². The molecule has 0 atom stereocenters. The monoisotopic (exact) mass is 528 g/mol. The average molecular weight is 528 g/mol. The van der Waals surface area contributed by atoms with Gasteiger partial charge in [0.1, 0.15) is 23.3 Å². The van der Waals surface area contributed by atoms with E-state index in [1.807, 2.05) is 19.9 Å². The summed E-state index contributed by atoms with van der Waals surface area (Å²) in [6, 6.07) is 5.36. The first-order chi connectivity index (χ1) is 17.9. The van der Waals surface area contributed by atoms with Crippen LogP contribution in [0, 0.1) is 11.6 Å². The molecule has 0 spiro atoms. The van der Waals surface area contributed by atoms with Gasteiger partial charge in [0.2, 0.25) is 5.91 Å². The van der Waals surface area contributed by atoms with Gasteiger partial charge in [-0.25, -0.2) is 23.7 Å².